The summed E-state index contributed by atoms with van der Waals surface area (Å²) in [4.78, 5) is 12.9. The molecular formula is C27H31ClN2O4S. The molecule has 0 radical (unpaired) electrons. The summed E-state index contributed by atoms with van der Waals surface area (Å²) in [6.07, 6.45) is 1.62. The van der Waals surface area contributed by atoms with Crippen molar-refractivity contribution in [2.75, 3.05) is 17.4 Å². The maximum atomic E-state index is 13.4. The maximum absolute atomic E-state index is 13.4. The van der Waals surface area contributed by atoms with Gasteiger partial charge < -0.3 is 10.1 Å². The van der Waals surface area contributed by atoms with E-state index in [9.17, 15) is 13.2 Å². The molecule has 0 aliphatic rings. The Kier molecular flexibility index (Phi) is 9.18. The predicted molar refractivity (Wildman–Crippen MR) is 141 cm³/mol. The minimum absolute atomic E-state index is 0.106. The SMILES string of the molecule is Cc1ccc(N(CC(=O)NCCCc2ccc(OC(C)C)cc2)S(=O)(=O)c2ccccc2)cc1Cl. The molecule has 0 aliphatic heterocycles. The number of halogens is 1. The predicted octanol–water partition coefficient (Wildman–Crippen LogP) is 5.38. The Balaban J connectivity index is 1.64. The van der Waals surface area contributed by atoms with Gasteiger partial charge in [0, 0.05) is 11.6 Å². The van der Waals surface area contributed by atoms with E-state index in [4.69, 9.17) is 16.3 Å². The zero-order valence-electron chi connectivity index (χ0n) is 20.2. The zero-order chi connectivity index (χ0) is 25.4. The number of hydrogen-bond donors (Lipinski definition) is 1. The number of carbonyl (C=O) groups excluding carboxylic acids is 1. The van der Waals surface area contributed by atoms with Crippen LogP contribution in [0.4, 0.5) is 5.69 Å². The third-order valence-electron chi connectivity index (χ3n) is 5.32. The Morgan fingerprint density at radius 3 is 2.34 bits per heavy atom. The van der Waals surface area contributed by atoms with Crippen LogP contribution in [0.25, 0.3) is 0 Å². The van der Waals surface area contributed by atoms with E-state index in [2.05, 4.69) is 5.32 Å². The molecule has 0 aliphatic carbocycles. The van der Waals surface area contributed by atoms with Gasteiger partial charge in [-0.15, -0.1) is 0 Å². The molecule has 3 aromatic rings. The second kappa shape index (κ2) is 12.1. The summed E-state index contributed by atoms with van der Waals surface area (Å²) in [5.74, 6) is 0.440. The van der Waals surface area contributed by atoms with Gasteiger partial charge in [-0.05, 0) is 81.1 Å². The van der Waals surface area contributed by atoms with Crippen LogP contribution in [0, 0.1) is 6.92 Å². The molecule has 1 amide bonds. The van der Waals surface area contributed by atoms with Gasteiger partial charge in [-0.3, -0.25) is 9.10 Å². The number of nitrogens with zero attached hydrogens (tertiary/aromatic N) is 1. The molecule has 0 heterocycles. The van der Waals surface area contributed by atoms with E-state index < -0.39 is 10.0 Å². The number of ether oxygens (including phenoxy) is 1. The fourth-order valence-electron chi connectivity index (χ4n) is 3.49. The van der Waals surface area contributed by atoms with E-state index in [0.717, 1.165) is 34.0 Å². The number of carbonyl (C=O) groups is 1. The molecule has 1 N–H and O–H groups in total. The van der Waals surface area contributed by atoms with Gasteiger partial charge in [-0.2, -0.15) is 0 Å². The summed E-state index contributed by atoms with van der Waals surface area (Å²) in [5, 5.41) is 3.27. The highest BCUT2D eigenvalue weighted by atomic mass is 35.5. The van der Waals surface area contributed by atoms with E-state index >= 15 is 0 Å². The number of nitrogens with one attached hydrogen (secondary N) is 1. The van der Waals surface area contributed by atoms with Crippen LogP contribution in [0.15, 0.2) is 77.7 Å². The number of rotatable bonds is 11. The molecule has 35 heavy (non-hydrogen) atoms. The number of aryl methyl sites for hydroxylation is 2. The molecule has 0 atom stereocenters. The van der Waals surface area contributed by atoms with Crippen molar-refractivity contribution >= 4 is 33.2 Å². The molecular weight excluding hydrogens is 484 g/mol. The first-order valence-electron chi connectivity index (χ1n) is 11.5. The minimum atomic E-state index is -3.96. The van der Waals surface area contributed by atoms with Crippen LogP contribution in [0.2, 0.25) is 5.02 Å². The van der Waals surface area contributed by atoms with Crippen LogP contribution in [0.1, 0.15) is 31.4 Å². The molecule has 0 unspecified atom stereocenters. The van der Waals surface area contributed by atoms with Crippen molar-refractivity contribution in [1.29, 1.82) is 0 Å². The molecule has 3 rings (SSSR count). The molecule has 0 bridgehead atoms. The zero-order valence-corrected chi connectivity index (χ0v) is 21.8. The number of benzene rings is 3. The number of amides is 1. The molecule has 0 aromatic heterocycles. The largest absolute Gasteiger partial charge is 0.491 e. The second-order valence-corrected chi connectivity index (χ2v) is 10.8. The van der Waals surface area contributed by atoms with Crippen molar-refractivity contribution in [2.24, 2.45) is 0 Å². The van der Waals surface area contributed by atoms with Crippen LogP contribution in [0.5, 0.6) is 5.75 Å². The number of anilines is 1. The highest BCUT2D eigenvalue weighted by Gasteiger charge is 2.27. The van der Waals surface area contributed by atoms with Crippen LogP contribution >= 0.6 is 11.6 Å². The number of sulfonamides is 1. The van der Waals surface area contributed by atoms with E-state index in [1.807, 2.05) is 45.0 Å². The molecule has 8 heteroatoms. The average Bonchev–Trinajstić information content (AvgIpc) is 2.83. The van der Waals surface area contributed by atoms with Crippen LogP contribution in [0.3, 0.4) is 0 Å². The van der Waals surface area contributed by atoms with Gasteiger partial charge in [0.25, 0.3) is 10.0 Å². The minimum Gasteiger partial charge on any atom is -0.491 e. The fourth-order valence-corrected chi connectivity index (χ4v) is 5.09. The first kappa shape index (κ1) is 26.6. The van der Waals surface area contributed by atoms with Crippen molar-refractivity contribution in [2.45, 2.75) is 44.6 Å². The Morgan fingerprint density at radius 1 is 1.03 bits per heavy atom. The Bertz CT molecular complexity index is 1230. The maximum Gasteiger partial charge on any atom is 0.264 e. The first-order valence-corrected chi connectivity index (χ1v) is 13.3. The third kappa shape index (κ3) is 7.47. The van der Waals surface area contributed by atoms with Crippen LogP contribution < -0.4 is 14.4 Å². The summed E-state index contributed by atoms with van der Waals surface area (Å²) in [6, 6.07) is 20.9. The van der Waals surface area contributed by atoms with Crippen molar-refractivity contribution < 1.29 is 17.9 Å². The van der Waals surface area contributed by atoms with Gasteiger partial charge in [-0.1, -0.05) is 48.0 Å². The molecule has 0 saturated carbocycles. The Hall–Kier alpha value is -3.03. The highest BCUT2D eigenvalue weighted by molar-refractivity contribution is 7.92. The van der Waals surface area contributed by atoms with Crippen molar-refractivity contribution in [3.63, 3.8) is 0 Å². The summed E-state index contributed by atoms with van der Waals surface area (Å²) in [7, 11) is -3.96. The molecule has 6 nitrogen and oxygen atoms in total. The van der Waals surface area contributed by atoms with Gasteiger partial charge >= 0.3 is 0 Å². The fraction of sp³-hybridized carbons (Fsp3) is 0.296. The smallest absolute Gasteiger partial charge is 0.264 e. The van der Waals surface area contributed by atoms with Gasteiger partial charge in [0.1, 0.15) is 12.3 Å². The lowest BCUT2D eigenvalue weighted by atomic mass is 10.1. The average molecular weight is 515 g/mol. The van der Waals surface area contributed by atoms with Crippen LogP contribution in [-0.2, 0) is 21.2 Å². The van der Waals surface area contributed by atoms with E-state index in [1.54, 1.807) is 36.4 Å². The van der Waals surface area contributed by atoms with Gasteiger partial charge in [0.15, 0.2) is 0 Å². The van der Waals surface area contributed by atoms with Crippen molar-refractivity contribution in [1.82, 2.24) is 5.32 Å². The molecule has 186 valence electrons. The lowest BCUT2D eigenvalue weighted by molar-refractivity contribution is -0.119. The normalized spacial score (nSPS) is 11.3. The van der Waals surface area contributed by atoms with Crippen molar-refractivity contribution in [3.8, 4) is 5.75 Å². The molecule has 3 aromatic carbocycles. The van der Waals surface area contributed by atoms with E-state index in [0.29, 0.717) is 17.3 Å². The van der Waals surface area contributed by atoms with Crippen LogP contribution in [-0.4, -0.2) is 33.5 Å². The lowest BCUT2D eigenvalue weighted by Gasteiger charge is -2.24. The summed E-state index contributed by atoms with van der Waals surface area (Å²) in [6.45, 7) is 5.88. The summed E-state index contributed by atoms with van der Waals surface area (Å²) in [5.41, 5.74) is 2.29. The summed E-state index contributed by atoms with van der Waals surface area (Å²) >= 11 is 6.26. The number of hydrogen-bond acceptors (Lipinski definition) is 4. The summed E-state index contributed by atoms with van der Waals surface area (Å²) < 4.78 is 33.5. The van der Waals surface area contributed by atoms with Gasteiger partial charge in [0.05, 0.1) is 16.7 Å². The van der Waals surface area contributed by atoms with E-state index in [1.165, 1.54) is 12.1 Å². The quantitative estimate of drug-likeness (QED) is 0.348. The standard InChI is InChI=1S/C27H31ClN2O4S/c1-20(2)34-24-15-12-22(13-16-24)8-7-17-29-27(31)19-30(23-14-11-21(3)26(28)18-23)35(32,33)25-9-5-4-6-10-25/h4-6,9-16,18,20H,7-8,17,19H2,1-3H3,(H,29,31). The highest BCUT2D eigenvalue weighted by Crippen LogP contribution is 2.28. The topological polar surface area (TPSA) is 75.7 Å². The van der Waals surface area contributed by atoms with Crippen molar-refractivity contribution in [3.05, 3.63) is 88.9 Å². The van der Waals surface area contributed by atoms with E-state index in [-0.39, 0.29) is 23.5 Å². The molecule has 0 saturated heterocycles. The monoisotopic (exact) mass is 514 g/mol. The third-order valence-corrected chi connectivity index (χ3v) is 7.52. The Morgan fingerprint density at radius 2 is 1.71 bits per heavy atom. The molecule has 0 spiro atoms. The Labute approximate surface area is 212 Å². The lowest BCUT2D eigenvalue weighted by Crippen LogP contribution is -2.41. The molecule has 0 fully saturated rings. The van der Waals surface area contributed by atoms with Gasteiger partial charge in [0.2, 0.25) is 5.91 Å². The van der Waals surface area contributed by atoms with Gasteiger partial charge in [-0.25, -0.2) is 8.42 Å². The first-order chi connectivity index (χ1) is 16.7. The second-order valence-electron chi connectivity index (χ2n) is 8.52.